The van der Waals surface area contributed by atoms with Crippen LogP contribution < -0.4 is 5.32 Å². The SMILES string of the molecule is CC(=O)N[C@@H](CSCc1cc(C)no1)C(=O)O. The Kier molecular flexibility index (Phi) is 5.02. The van der Waals surface area contributed by atoms with Crippen LogP contribution in [0, 0.1) is 6.92 Å². The van der Waals surface area contributed by atoms with Gasteiger partial charge in [-0.1, -0.05) is 5.16 Å². The maximum Gasteiger partial charge on any atom is 0.327 e. The Labute approximate surface area is 103 Å². The van der Waals surface area contributed by atoms with Gasteiger partial charge in [0.1, 0.15) is 11.8 Å². The zero-order chi connectivity index (χ0) is 12.8. The minimum absolute atomic E-state index is 0.286. The Balaban J connectivity index is 2.37. The van der Waals surface area contributed by atoms with E-state index in [2.05, 4.69) is 10.5 Å². The fraction of sp³-hybridized carbons (Fsp3) is 0.500. The number of carbonyl (C=O) groups is 2. The lowest BCUT2D eigenvalue weighted by atomic mass is 10.3. The standard InChI is InChI=1S/C10H14N2O4S/c1-6-3-8(16-12-6)4-17-5-9(10(14)15)11-7(2)13/h3,9H,4-5H2,1-2H3,(H,11,13)(H,14,15)/t9-/m0/s1. The monoisotopic (exact) mass is 258 g/mol. The van der Waals surface area contributed by atoms with E-state index in [0.717, 1.165) is 5.69 Å². The molecule has 0 aliphatic heterocycles. The number of rotatable bonds is 6. The van der Waals surface area contributed by atoms with E-state index in [1.165, 1.54) is 18.7 Å². The van der Waals surface area contributed by atoms with Crippen molar-refractivity contribution in [3.8, 4) is 0 Å². The van der Waals surface area contributed by atoms with Gasteiger partial charge in [0.05, 0.1) is 11.4 Å². The van der Waals surface area contributed by atoms with E-state index >= 15 is 0 Å². The second-order valence-corrected chi connectivity index (χ2v) is 4.57. The first kappa shape index (κ1) is 13.6. The summed E-state index contributed by atoms with van der Waals surface area (Å²) in [5, 5.41) is 14.9. The molecule has 0 saturated heterocycles. The van der Waals surface area contributed by atoms with Crippen LogP contribution in [0.3, 0.4) is 0 Å². The van der Waals surface area contributed by atoms with E-state index in [1.54, 1.807) is 6.07 Å². The van der Waals surface area contributed by atoms with Crippen LogP contribution in [0.4, 0.5) is 0 Å². The van der Waals surface area contributed by atoms with Crippen LogP contribution in [0.1, 0.15) is 18.4 Å². The molecule has 1 aromatic heterocycles. The Morgan fingerprint density at radius 1 is 1.65 bits per heavy atom. The summed E-state index contributed by atoms with van der Waals surface area (Å²) in [6.07, 6.45) is 0. The molecule has 1 amide bonds. The summed E-state index contributed by atoms with van der Waals surface area (Å²) in [6.45, 7) is 3.11. The molecular formula is C10H14N2O4S. The lowest BCUT2D eigenvalue weighted by Crippen LogP contribution is -2.41. The Bertz CT molecular complexity index is 405. The number of aliphatic carboxylic acids is 1. The largest absolute Gasteiger partial charge is 0.480 e. The second-order valence-electron chi connectivity index (χ2n) is 3.54. The maximum absolute atomic E-state index is 10.8. The van der Waals surface area contributed by atoms with Gasteiger partial charge in [-0.05, 0) is 6.92 Å². The van der Waals surface area contributed by atoms with Gasteiger partial charge in [-0.15, -0.1) is 0 Å². The fourth-order valence-electron chi connectivity index (χ4n) is 1.18. The number of nitrogens with zero attached hydrogens (tertiary/aromatic N) is 1. The van der Waals surface area contributed by atoms with Gasteiger partial charge in [-0.25, -0.2) is 4.79 Å². The van der Waals surface area contributed by atoms with Crippen molar-refractivity contribution >= 4 is 23.6 Å². The number of carbonyl (C=O) groups excluding carboxylic acids is 1. The number of nitrogens with one attached hydrogen (secondary N) is 1. The highest BCUT2D eigenvalue weighted by atomic mass is 32.2. The lowest BCUT2D eigenvalue weighted by Gasteiger charge is -2.11. The first-order chi connectivity index (χ1) is 7.99. The highest BCUT2D eigenvalue weighted by Crippen LogP contribution is 2.14. The minimum atomic E-state index is -1.04. The number of carboxylic acids is 1. The summed E-state index contributed by atoms with van der Waals surface area (Å²) in [6, 6.07) is 0.919. The van der Waals surface area contributed by atoms with Crippen LogP contribution in [-0.2, 0) is 15.3 Å². The van der Waals surface area contributed by atoms with E-state index in [-0.39, 0.29) is 11.7 Å². The summed E-state index contributed by atoms with van der Waals surface area (Å²) in [5.74, 6) is 0.119. The Morgan fingerprint density at radius 2 is 2.35 bits per heavy atom. The molecule has 0 radical (unpaired) electrons. The maximum atomic E-state index is 10.8. The molecule has 0 saturated carbocycles. The van der Waals surface area contributed by atoms with Crippen LogP contribution in [0.2, 0.25) is 0 Å². The van der Waals surface area contributed by atoms with E-state index in [9.17, 15) is 9.59 Å². The number of hydrogen-bond acceptors (Lipinski definition) is 5. The number of hydrogen-bond donors (Lipinski definition) is 2. The molecule has 6 nitrogen and oxygen atoms in total. The van der Waals surface area contributed by atoms with Crippen LogP contribution >= 0.6 is 11.8 Å². The number of aromatic nitrogens is 1. The highest BCUT2D eigenvalue weighted by Gasteiger charge is 2.18. The van der Waals surface area contributed by atoms with Crippen molar-refractivity contribution in [2.75, 3.05) is 5.75 Å². The smallest absolute Gasteiger partial charge is 0.327 e. The third-order valence-electron chi connectivity index (χ3n) is 1.88. The van der Waals surface area contributed by atoms with Gasteiger partial charge >= 0.3 is 5.97 Å². The van der Waals surface area contributed by atoms with Crippen LogP contribution in [0.5, 0.6) is 0 Å². The molecule has 0 unspecified atom stereocenters. The molecule has 17 heavy (non-hydrogen) atoms. The van der Waals surface area contributed by atoms with Crippen LogP contribution in [0.15, 0.2) is 10.6 Å². The predicted octanol–water partition coefficient (Wildman–Crippen LogP) is 0.806. The molecule has 0 aliphatic carbocycles. The molecular weight excluding hydrogens is 244 g/mol. The van der Waals surface area contributed by atoms with Crippen molar-refractivity contribution in [1.82, 2.24) is 10.5 Å². The fourth-order valence-corrected chi connectivity index (χ4v) is 2.10. The zero-order valence-corrected chi connectivity index (χ0v) is 10.4. The first-order valence-corrected chi connectivity index (χ1v) is 6.14. The first-order valence-electron chi connectivity index (χ1n) is 4.99. The number of carboxylic acid groups (broad SMARTS) is 1. The van der Waals surface area contributed by atoms with Gasteiger partial charge in [0.25, 0.3) is 0 Å². The molecule has 2 N–H and O–H groups in total. The summed E-state index contributed by atoms with van der Waals surface area (Å²) >= 11 is 1.37. The van der Waals surface area contributed by atoms with E-state index in [1.807, 2.05) is 6.92 Å². The van der Waals surface area contributed by atoms with Crippen LogP contribution in [0.25, 0.3) is 0 Å². The Hall–Kier alpha value is -1.50. The van der Waals surface area contributed by atoms with Gasteiger partial charge in [0.15, 0.2) is 0 Å². The average Bonchev–Trinajstić information content (AvgIpc) is 2.62. The molecule has 0 spiro atoms. The summed E-state index contributed by atoms with van der Waals surface area (Å²) in [7, 11) is 0. The van der Waals surface area contributed by atoms with Gasteiger partial charge < -0.3 is 14.9 Å². The quantitative estimate of drug-likeness (QED) is 0.784. The summed E-state index contributed by atoms with van der Waals surface area (Å²) in [4.78, 5) is 21.6. The molecule has 0 aromatic carbocycles. The second kappa shape index (κ2) is 6.29. The van der Waals surface area contributed by atoms with Crippen molar-refractivity contribution in [1.29, 1.82) is 0 Å². The van der Waals surface area contributed by atoms with Gasteiger partial charge in [-0.2, -0.15) is 11.8 Å². The van der Waals surface area contributed by atoms with Gasteiger partial charge in [0.2, 0.25) is 5.91 Å². The highest BCUT2D eigenvalue weighted by molar-refractivity contribution is 7.98. The van der Waals surface area contributed by atoms with Gasteiger partial charge in [-0.3, -0.25) is 4.79 Å². The predicted molar refractivity (Wildman–Crippen MR) is 62.6 cm³/mol. The van der Waals surface area contributed by atoms with E-state index in [4.69, 9.17) is 9.63 Å². The topological polar surface area (TPSA) is 92.4 Å². The molecule has 0 fully saturated rings. The third-order valence-corrected chi connectivity index (χ3v) is 2.94. The number of amides is 1. The van der Waals surface area contributed by atoms with E-state index < -0.39 is 12.0 Å². The third kappa shape index (κ3) is 4.90. The normalized spacial score (nSPS) is 12.1. The van der Waals surface area contributed by atoms with Crippen molar-refractivity contribution in [2.45, 2.75) is 25.6 Å². The average molecular weight is 258 g/mol. The van der Waals surface area contributed by atoms with Crippen molar-refractivity contribution in [3.05, 3.63) is 17.5 Å². The van der Waals surface area contributed by atoms with Crippen molar-refractivity contribution in [3.63, 3.8) is 0 Å². The number of aryl methyl sites for hydroxylation is 1. The summed E-state index contributed by atoms with van der Waals surface area (Å²) in [5.41, 5.74) is 0.789. The summed E-state index contributed by atoms with van der Waals surface area (Å²) < 4.78 is 4.98. The van der Waals surface area contributed by atoms with E-state index in [0.29, 0.717) is 11.5 Å². The minimum Gasteiger partial charge on any atom is -0.480 e. The molecule has 1 aromatic rings. The van der Waals surface area contributed by atoms with Crippen molar-refractivity contribution < 1.29 is 19.2 Å². The molecule has 0 bridgehead atoms. The Morgan fingerprint density at radius 3 is 2.82 bits per heavy atom. The lowest BCUT2D eigenvalue weighted by molar-refractivity contribution is -0.140. The van der Waals surface area contributed by atoms with Gasteiger partial charge in [0, 0.05) is 18.7 Å². The molecule has 1 heterocycles. The number of thioether (sulfide) groups is 1. The van der Waals surface area contributed by atoms with Crippen molar-refractivity contribution in [2.24, 2.45) is 0 Å². The zero-order valence-electron chi connectivity index (χ0n) is 9.60. The molecule has 7 heteroatoms. The molecule has 0 aliphatic rings. The molecule has 1 rings (SSSR count). The molecule has 1 atom stereocenters. The molecule has 94 valence electrons. The van der Waals surface area contributed by atoms with Crippen LogP contribution in [-0.4, -0.2) is 33.9 Å².